The summed E-state index contributed by atoms with van der Waals surface area (Å²) in [6, 6.07) is 14.6. The molecule has 6 nitrogen and oxygen atoms in total. The van der Waals surface area contributed by atoms with Gasteiger partial charge in [0, 0.05) is 30.5 Å². The van der Waals surface area contributed by atoms with Gasteiger partial charge in [-0.15, -0.1) is 0 Å². The Bertz CT molecular complexity index is 900. The van der Waals surface area contributed by atoms with Gasteiger partial charge in [0.2, 0.25) is 5.95 Å². The number of nitrogens with one attached hydrogen (secondary N) is 2. The number of hydrogen-bond donors (Lipinski definition) is 4. The molecule has 0 unspecified atom stereocenters. The number of hydrogen-bond acceptors (Lipinski definition) is 6. The average molecular weight is 405 g/mol. The number of aromatic hydroxyl groups is 1. The third-order valence-corrected chi connectivity index (χ3v) is 4.28. The molecule has 0 radical (unpaired) electrons. The van der Waals surface area contributed by atoms with Crippen LogP contribution in [0.3, 0.4) is 0 Å². The number of aliphatic hydroxyl groups is 1. The monoisotopic (exact) mass is 404 g/mol. The van der Waals surface area contributed by atoms with Gasteiger partial charge < -0.3 is 20.8 Å². The van der Waals surface area contributed by atoms with Gasteiger partial charge in [-0.2, -0.15) is 4.98 Å². The summed E-state index contributed by atoms with van der Waals surface area (Å²) in [7, 11) is 0. The van der Waals surface area contributed by atoms with E-state index >= 15 is 0 Å². The molecular weight excluding hydrogens is 387 g/mol. The first-order valence-electron chi connectivity index (χ1n) is 8.31. The van der Waals surface area contributed by atoms with Gasteiger partial charge in [0.25, 0.3) is 0 Å². The predicted molar refractivity (Wildman–Crippen MR) is 109 cm³/mol. The third kappa shape index (κ3) is 5.01. The first-order valence-corrected chi connectivity index (χ1v) is 9.06. The van der Waals surface area contributed by atoms with Crippen LogP contribution in [-0.2, 0) is 0 Å². The summed E-state index contributed by atoms with van der Waals surface area (Å²) in [5, 5.41) is 25.2. The number of nitrogens with zero attached hydrogens (tertiary/aromatic N) is 2. The van der Waals surface area contributed by atoms with E-state index in [1.807, 2.05) is 30.3 Å². The Labute approximate surface area is 166 Å². The molecule has 0 atom stereocenters. The zero-order valence-corrected chi connectivity index (χ0v) is 15.8. The van der Waals surface area contributed by atoms with E-state index in [2.05, 4.69) is 20.6 Å². The fourth-order valence-corrected chi connectivity index (χ4v) is 2.90. The Morgan fingerprint density at radius 1 is 0.963 bits per heavy atom. The van der Waals surface area contributed by atoms with E-state index < -0.39 is 0 Å². The standard InChI is InChI=1S/C19H18Cl2N4O2/c20-14-9-13(10-15(21)18(14)27)23-17-11-16(12-5-2-1-3-6-12)24-19(25-17)22-7-4-8-26/h1-3,5-6,9-11,26-27H,4,7-8H2,(H2,22,23,24,25). The molecule has 0 aliphatic heterocycles. The lowest BCUT2D eigenvalue weighted by atomic mass is 10.1. The first-order chi connectivity index (χ1) is 13.1. The Kier molecular flexibility index (Phi) is 6.34. The first kappa shape index (κ1) is 19.2. The summed E-state index contributed by atoms with van der Waals surface area (Å²) in [5.41, 5.74) is 2.26. The SMILES string of the molecule is OCCCNc1nc(Nc2cc(Cl)c(O)c(Cl)c2)cc(-c2ccccc2)n1. The second kappa shape index (κ2) is 8.90. The highest BCUT2D eigenvalue weighted by Gasteiger charge is 2.10. The van der Waals surface area contributed by atoms with Crippen molar-refractivity contribution in [3.8, 4) is 17.0 Å². The zero-order chi connectivity index (χ0) is 19.2. The van der Waals surface area contributed by atoms with Gasteiger partial charge in [-0.1, -0.05) is 53.5 Å². The molecule has 0 fully saturated rings. The van der Waals surface area contributed by atoms with Crippen molar-refractivity contribution in [3.05, 3.63) is 58.6 Å². The fraction of sp³-hybridized carbons (Fsp3) is 0.158. The van der Waals surface area contributed by atoms with E-state index in [9.17, 15) is 5.11 Å². The maximum Gasteiger partial charge on any atom is 0.225 e. The van der Waals surface area contributed by atoms with Crippen molar-refractivity contribution >= 4 is 40.7 Å². The molecule has 1 aromatic heterocycles. The van der Waals surface area contributed by atoms with Gasteiger partial charge in [-0.05, 0) is 18.6 Å². The van der Waals surface area contributed by atoms with Crippen LogP contribution in [-0.4, -0.2) is 33.3 Å². The fourth-order valence-electron chi connectivity index (χ4n) is 2.41. The van der Waals surface area contributed by atoms with E-state index in [1.165, 1.54) is 0 Å². The lowest BCUT2D eigenvalue weighted by molar-refractivity contribution is 0.292. The van der Waals surface area contributed by atoms with E-state index in [0.717, 1.165) is 11.3 Å². The molecular formula is C19H18Cl2N4O2. The van der Waals surface area contributed by atoms with Crippen molar-refractivity contribution in [3.63, 3.8) is 0 Å². The van der Waals surface area contributed by atoms with E-state index in [4.69, 9.17) is 28.3 Å². The quantitative estimate of drug-likeness (QED) is 0.337. The molecule has 0 amide bonds. The summed E-state index contributed by atoms with van der Waals surface area (Å²) in [6.07, 6.45) is 0.588. The highest BCUT2D eigenvalue weighted by Crippen LogP contribution is 2.35. The minimum atomic E-state index is -0.164. The number of phenols is 1. The van der Waals surface area contributed by atoms with Crippen molar-refractivity contribution in [1.29, 1.82) is 0 Å². The van der Waals surface area contributed by atoms with Crippen LogP contribution in [0.25, 0.3) is 11.3 Å². The number of halogens is 2. The minimum absolute atomic E-state index is 0.0843. The molecule has 3 rings (SSSR count). The molecule has 0 spiro atoms. The number of anilines is 3. The summed E-state index contributed by atoms with van der Waals surface area (Å²) >= 11 is 12.0. The largest absolute Gasteiger partial charge is 0.505 e. The van der Waals surface area contributed by atoms with Crippen LogP contribution in [0.4, 0.5) is 17.5 Å². The van der Waals surface area contributed by atoms with Crippen LogP contribution >= 0.6 is 23.2 Å². The predicted octanol–water partition coefficient (Wildman–Crippen LogP) is 4.69. The number of benzene rings is 2. The second-order valence-corrected chi connectivity index (χ2v) is 6.56. The smallest absolute Gasteiger partial charge is 0.225 e. The van der Waals surface area contributed by atoms with Crippen LogP contribution in [0, 0.1) is 0 Å². The van der Waals surface area contributed by atoms with Crippen LogP contribution in [0.2, 0.25) is 10.0 Å². The summed E-state index contributed by atoms with van der Waals surface area (Å²) in [6.45, 7) is 0.631. The molecule has 140 valence electrons. The molecule has 0 saturated carbocycles. The second-order valence-electron chi connectivity index (χ2n) is 5.75. The summed E-state index contributed by atoms with van der Waals surface area (Å²) in [4.78, 5) is 8.97. The molecule has 4 N–H and O–H groups in total. The Morgan fingerprint density at radius 3 is 2.33 bits per heavy atom. The summed E-state index contributed by atoms with van der Waals surface area (Å²) < 4.78 is 0. The molecule has 8 heteroatoms. The minimum Gasteiger partial charge on any atom is -0.505 e. The van der Waals surface area contributed by atoms with Crippen molar-refractivity contribution in [2.45, 2.75) is 6.42 Å². The summed E-state index contributed by atoms with van der Waals surface area (Å²) in [5.74, 6) is 0.805. The highest BCUT2D eigenvalue weighted by atomic mass is 35.5. The Hall–Kier alpha value is -2.54. The normalized spacial score (nSPS) is 10.6. The van der Waals surface area contributed by atoms with Crippen molar-refractivity contribution < 1.29 is 10.2 Å². The average Bonchev–Trinajstić information content (AvgIpc) is 2.67. The topological polar surface area (TPSA) is 90.3 Å². The molecule has 0 aliphatic rings. The Balaban J connectivity index is 1.94. The van der Waals surface area contributed by atoms with E-state index in [-0.39, 0.29) is 22.4 Å². The van der Waals surface area contributed by atoms with Crippen LogP contribution in [0.15, 0.2) is 48.5 Å². The number of aromatic nitrogens is 2. The number of rotatable bonds is 7. The van der Waals surface area contributed by atoms with Crippen LogP contribution < -0.4 is 10.6 Å². The van der Waals surface area contributed by atoms with Gasteiger partial charge in [-0.3, -0.25) is 0 Å². The van der Waals surface area contributed by atoms with Crippen molar-refractivity contribution in [2.24, 2.45) is 0 Å². The van der Waals surface area contributed by atoms with Gasteiger partial charge in [0.05, 0.1) is 15.7 Å². The lowest BCUT2D eigenvalue weighted by Gasteiger charge is -2.12. The maximum absolute atomic E-state index is 9.71. The molecule has 27 heavy (non-hydrogen) atoms. The van der Waals surface area contributed by atoms with E-state index in [0.29, 0.717) is 30.4 Å². The van der Waals surface area contributed by atoms with Gasteiger partial charge in [0.1, 0.15) is 5.82 Å². The van der Waals surface area contributed by atoms with Crippen molar-refractivity contribution in [1.82, 2.24) is 9.97 Å². The van der Waals surface area contributed by atoms with Gasteiger partial charge in [0.15, 0.2) is 5.75 Å². The lowest BCUT2D eigenvalue weighted by Crippen LogP contribution is -2.08. The molecule has 0 aliphatic carbocycles. The third-order valence-electron chi connectivity index (χ3n) is 3.70. The Morgan fingerprint density at radius 2 is 1.67 bits per heavy atom. The van der Waals surface area contributed by atoms with Gasteiger partial charge in [-0.25, -0.2) is 4.98 Å². The molecule has 3 aromatic rings. The molecule has 2 aromatic carbocycles. The molecule has 1 heterocycles. The van der Waals surface area contributed by atoms with Gasteiger partial charge >= 0.3 is 0 Å². The van der Waals surface area contributed by atoms with E-state index in [1.54, 1.807) is 18.2 Å². The highest BCUT2D eigenvalue weighted by molar-refractivity contribution is 6.37. The molecule has 0 saturated heterocycles. The van der Waals surface area contributed by atoms with Crippen LogP contribution in [0.5, 0.6) is 5.75 Å². The number of aliphatic hydroxyl groups excluding tert-OH is 1. The van der Waals surface area contributed by atoms with Crippen molar-refractivity contribution in [2.75, 3.05) is 23.8 Å². The zero-order valence-electron chi connectivity index (χ0n) is 14.3. The maximum atomic E-state index is 9.71. The molecule has 0 bridgehead atoms. The van der Waals surface area contributed by atoms with Crippen LogP contribution in [0.1, 0.15) is 6.42 Å². The number of phenolic OH excluding ortho intramolecular Hbond substituents is 1.